The van der Waals surface area contributed by atoms with Gasteiger partial charge in [-0.05, 0) is 126 Å². The first-order chi connectivity index (χ1) is 26.2. The highest BCUT2D eigenvalue weighted by molar-refractivity contribution is 6.24. The molecule has 53 heavy (non-hydrogen) atoms. The Kier molecular flexibility index (Phi) is 7.65. The van der Waals surface area contributed by atoms with E-state index in [1.807, 2.05) is 12.1 Å². The molecule has 1 nitrogen and oxygen atoms in total. The van der Waals surface area contributed by atoms with Crippen molar-refractivity contribution in [2.24, 2.45) is 0 Å². The van der Waals surface area contributed by atoms with Crippen LogP contribution in [0, 0.1) is 0 Å². The third-order valence-corrected chi connectivity index (χ3v) is 11.1. The highest BCUT2D eigenvalue weighted by Crippen LogP contribution is 2.46. The Morgan fingerprint density at radius 1 is 0.377 bits per heavy atom. The number of aryl methyl sites for hydroxylation is 1. The number of unbranched alkanes of at least 4 members (excludes halogenated alkanes) is 1. The molecule has 0 bridgehead atoms. The normalized spacial score (nSPS) is 11.7. The van der Waals surface area contributed by atoms with E-state index >= 15 is 0 Å². The number of furan rings is 1. The second kappa shape index (κ2) is 13.0. The molecular formula is C52H38O. The number of rotatable bonds is 7. The van der Waals surface area contributed by atoms with Crippen LogP contribution in [0.15, 0.2) is 180 Å². The maximum absolute atomic E-state index is 6.22. The number of hydrogen-bond acceptors (Lipinski definition) is 1. The molecule has 0 radical (unpaired) electrons. The summed E-state index contributed by atoms with van der Waals surface area (Å²) in [6, 6.07) is 64.7. The van der Waals surface area contributed by atoms with Gasteiger partial charge in [-0.1, -0.05) is 159 Å². The van der Waals surface area contributed by atoms with Crippen molar-refractivity contribution in [3.05, 3.63) is 181 Å². The lowest BCUT2D eigenvalue weighted by atomic mass is 9.84. The zero-order valence-corrected chi connectivity index (χ0v) is 29.8. The smallest absolute Gasteiger partial charge is 0.135 e. The third kappa shape index (κ3) is 5.40. The maximum Gasteiger partial charge on any atom is 0.135 e. The summed E-state index contributed by atoms with van der Waals surface area (Å²) < 4.78 is 6.22. The Hall–Kier alpha value is -6.44. The zero-order valence-electron chi connectivity index (χ0n) is 29.8. The second-order valence-corrected chi connectivity index (χ2v) is 14.3. The number of hydrogen-bond donors (Lipinski definition) is 0. The van der Waals surface area contributed by atoms with Gasteiger partial charge in [0.1, 0.15) is 11.2 Å². The van der Waals surface area contributed by atoms with Gasteiger partial charge in [0, 0.05) is 10.8 Å². The largest absolute Gasteiger partial charge is 0.456 e. The van der Waals surface area contributed by atoms with Crippen molar-refractivity contribution in [2.75, 3.05) is 0 Å². The molecule has 0 atom stereocenters. The van der Waals surface area contributed by atoms with E-state index in [1.54, 1.807) is 0 Å². The zero-order chi connectivity index (χ0) is 35.3. The monoisotopic (exact) mass is 678 g/mol. The molecule has 0 aliphatic heterocycles. The predicted octanol–water partition coefficient (Wildman–Crippen LogP) is 15.1. The van der Waals surface area contributed by atoms with Crippen LogP contribution in [0.1, 0.15) is 25.3 Å². The molecule has 0 aliphatic carbocycles. The van der Waals surface area contributed by atoms with E-state index in [4.69, 9.17) is 4.42 Å². The molecule has 0 amide bonds. The fourth-order valence-electron chi connectivity index (χ4n) is 8.40. The van der Waals surface area contributed by atoms with Crippen LogP contribution in [0.4, 0.5) is 0 Å². The lowest BCUT2D eigenvalue weighted by Gasteiger charge is -2.19. The van der Waals surface area contributed by atoms with E-state index in [0.717, 1.165) is 28.4 Å². The molecule has 252 valence electrons. The summed E-state index contributed by atoms with van der Waals surface area (Å²) in [4.78, 5) is 0. The highest BCUT2D eigenvalue weighted by Gasteiger charge is 2.19. The van der Waals surface area contributed by atoms with E-state index in [0.29, 0.717) is 0 Å². The average molecular weight is 679 g/mol. The van der Waals surface area contributed by atoms with Crippen LogP contribution in [0.25, 0.3) is 98.8 Å². The van der Waals surface area contributed by atoms with Crippen molar-refractivity contribution < 1.29 is 4.42 Å². The molecular weight excluding hydrogens is 641 g/mol. The first-order valence-corrected chi connectivity index (χ1v) is 18.8. The minimum atomic E-state index is 0.914. The lowest BCUT2D eigenvalue weighted by Crippen LogP contribution is -1.92. The van der Waals surface area contributed by atoms with Gasteiger partial charge in [-0.15, -0.1) is 0 Å². The van der Waals surface area contributed by atoms with Crippen LogP contribution in [0.5, 0.6) is 0 Å². The van der Waals surface area contributed by atoms with Crippen LogP contribution in [-0.4, -0.2) is 0 Å². The first-order valence-electron chi connectivity index (χ1n) is 18.8. The van der Waals surface area contributed by atoms with Crippen molar-refractivity contribution >= 4 is 54.3 Å². The van der Waals surface area contributed by atoms with Crippen LogP contribution in [0.3, 0.4) is 0 Å². The van der Waals surface area contributed by atoms with Crippen LogP contribution < -0.4 is 0 Å². The van der Waals surface area contributed by atoms with E-state index in [2.05, 4.69) is 171 Å². The summed E-state index contributed by atoms with van der Waals surface area (Å²) in [5.74, 6) is 0. The van der Waals surface area contributed by atoms with Gasteiger partial charge >= 0.3 is 0 Å². The molecule has 0 unspecified atom stereocenters. The summed E-state index contributed by atoms with van der Waals surface area (Å²) >= 11 is 0. The minimum absolute atomic E-state index is 0.914. The summed E-state index contributed by atoms with van der Waals surface area (Å²) in [7, 11) is 0. The third-order valence-electron chi connectivity index (χ3n) is 11.1. The number of para-hydroxylation sites is 1. The molecule has 0 spiro atoms. The van der Waals surface area contributed by atoms with Gasteiger partial charge in [0.15, 0.2) is 0 Å². The van der Waals surface area contributed by atoms with Crippen molar-refractivity contribution in [1.82, 2.24) is 0 Å². The van der Waals surface area contributed by atoms with E-state index in [9.17, 15) is 0 Å². The van der Waals surface area contributed by atoms with Gasteiger partial charge < -0.3 is 4.42 Å². The molecule has 1 aromatic heterocycles. The molecule has 0 aliphatic rings. The van der Waals surface area contributed by atoms with Crippen LogP contribution >= 0.6 is 0 Å². The fraction of sp³-hybridized carbons (Fsp3) is 0.0769. The summed E-state index contributed by atoms with van der Waals surface area (Å²) in [5, 5.41) is 9.77. The first kappa shape index (κ1) is 31.3. The Morgan fingerprint density at radius 3 is 1.68 bits per heavy atom. The minimum Gasteiger partial charge on any atom is -0.456 e. The van der Waals surface area contributed by atoms with Crippen LogP contribution in [0.2, 0.25) is 0 Å². The van der Waals surface area contributed by atoms with Gasteiger partial charge in [-0.3, -0.25) is 0 Å². The Bertz CT molecular complexity index is 2920. The van der Waals surface area contributed by atoms with Gasteiger partial charge in [-0.2, -0.15) is 0 Å². The van der Waals surface area contributed by atoms with Gasteiger partial charge in [0.2, 0.25) is 0 Å². The lowest BCUT2D eigenvalue weighted by molar-refractivity contribution is 0.669. The SMILES string of the molecule is CCCCc1ccc(-c2cccc(-c3ccc4cccc(-c5c6ccccc6c(-c6ccc7oc8ccccc8c7c6)c6ccccc56)c4c3)c2)cc1. The molecule has 0 saturated carbocycles. The molecule has 0 saturated heterocycles. The van der Waals surface area contributed by atoms with Crippen molar-refractivity contribution in [2.45, 2.75) is 26.2 Å². The van der Waals surface area contributed by atoms with E-state index in [-0.39, 0.29) is 0 Å². The molecule has 0 fully saturated rings. The quantitative estimate of drug-likeness (QED) is 0.153. The molecule has 10 aromatic rings. The van der Waals surface area contributed by atoms with Crippen molar-refractivity contribution in [3.63, 3.8) is 0 Å². The van der Waals surface area contributed by atoms with Gasteiger partial charge in [-0.25, -0.2) is 0 Å². The Balaban J connectivity index is 1.15. The highest BCUT2D eigenvalue weighted by atomic mass is 16.3. The average Bonchev–Trinajstić information content (AvgIpc) is 3.60. The summed E-state index contributed by atoms with van der Waals surface area (Å²) in [6.45, 7) is 2.25. The van der Waals surface area contributed by atoms with Crippen molar-refractivity contribution in [3.8, 4) is 44.5 Å². The van der Waals surface area contributed by atoms with Crippen LogP contribution in [-0.2, 0) is 6.42 Å². The molecule has 1 heterocycles. The van der Waals surface area contributed by atoms with Gasteiger partial charge in [0.25, 0.3) is 0 Å². The molecule has 10 rings (SSSR count). The van der Waals surface area contributed by atoms with Gasteiger partial charge in [0.05, 0.1) is 0 Å². The Morgan fingerprint density at radius 2 is 0.943 bits per heavy atom. The standard InChI is InChI=1S/C52H38O/c1-2-3-12-34-23-25-35(26-24-34)37-14-10-15-38(31-37)39-28-27-36-13-11-21-46(47(36)32-39)52-44-19-6-4-17-42(44)51(43-18-5-7-20-45(43)52)40-29-30-50-48(33-40)41-16-8-9-22-49(41)53-50/h4-11,13-33H,2-3,12H2,1H3. The maximum atomic E-state index is 6.22. The number of benzene rings is 9. The fourth-order valence-corrected chi connectivity index (χ4v) is 8.40. The summed E-state index contributed by atoms with van der Waals surface area (Å²) in [5.41, 5.74) is 13.2. The van der Waals surface area contributed by atoms with Crippen molar-refractivity contribution in [1.29, 1.82) is 0 Å². The molecule has 1 heteroatoms. The topological polar surface area (TPSA) is 13.1 Å². The molecule has 0 N–H and O–H groups in total. The second-order valence-electron chi connectivity index (χ2n) is 14.3. The number of fused-ring (bicyclic) bond motifs is 6. The Labute approximate surface area is 309 Å². The summed E-state index contributed by atoms with van der Waals surface area (Å²) in [6.07, 6.45) is 3.59. The van der Waals surface area contributed by atoms with E-state index < -0.39 is 0 Å². The predicted molar refractivity (Wildman–Crippen MR) is 227 cm³/mol. The van der Waals surface area contributed by atoms with E-state index in [1.165, 1.54) is 95.2 Å². The molecule has 9 aromatic carbocycles.